The normalized spacial score (nSPS) is 10.5. The van der Waals surface area contributed by atoms with Crippen molar-refractivity contribution in [1.82, 2.24) is 9.97 Å². The molecule has 131 valence electrons. The molecule has 6 nitrogen and oxygen atoms in total. The van der Waals surface area contributed by atoms with Gasteiger partial charge in [-0.2, -0.15) is 0 Å². The van der Waals surface area contributed by atoms with Gasteiger partial charge in [0.25, 0.3) is 0 Å². The number of anilines is 2. The standard InChI is InChI=1S/C21H15N4O2/c26-20(14-10-11-18-19(12-14)23-13-22-18)16-8-4-5-9-17(16)25-21(27)24-15-6-2-1-3-7-15/h1-12H,(H,22,23)(H2,24,25,27). The minimum Gasteiger partial charge on any atom is -0.335 e. The lowest BCUT2D eigenvalue weighted by molar-refractivity contribution is 0.103. The van der Waals surface area contributed by atoms with Crippen LogP contribution in [-0.4, -0.2) is 21.8 Å². The van der Waals surface area contributed by atoms with Crippen molar-refractivity contribution in [3.05, 3.63) is 90.3 Å². The van der Waals surface area contributed by atoms with Crippen molar-refractivity contribution in [2.24, 2.45) is 0 Å². The van der Waals surface area contributed by atoms with Gasteiger partial charge >= 0.3 is 6.03 Å². The number of urea groups is 1. The zero-order valence-corrected chi connectivity index (χ0v) is 14.2. The number of aromatic amines is 1. The number of benzene rings is 3. The number of nitrogens with one attached hydrogen (secondary N) is 3. The van der Waals surface area contributed by atoms with Crippen LogP contribution in [0.15, 0.2) is 72.8 Å². The largest absolute Gasteiger partial charge is 0.335 e. The summed E-state index contributed by atoms with van der Waals surface area (Å²) in [5.41, 5.74) is 3.46. The molecule has 3 aromatic carbocycles. The second-order valence-corrected chi connectivity index (χ2v) is 5.90. The minimum absolute atomic E-state index is 0.199. The molecule has 27 heavy (non-hydrogen) atoms. The molecule has 1 radical (unpaired) electrons. The van der Waals surface area contributed by atoms with Crippen LogP contribution in [-0.2, 0) is 0 Å². The molecule has 0 saturated heterocycles. The summed E-state index contributed by atoms with van der Waals surface area (Å²) in [6.45, 7) is 0. The predicted octanol–water partition coefficient (Wildman–Crippen LogP) is 4.24. The molecule has 4 aromatic rings. The number of carbonyl (C=O) groups excluding carboxylic acids is 2. The fourth-order valence-electron chi connectivity index (χ4n) is 2.77. The van der Waals surface area contributed by atoms with E-state index in [1.807, 2.05) is 18.2 Å². The Hall–Kier alpha value is -3.93. The van der Waals surface area contributed by atoms with Crippen LogP contribution >= 0.6 is 0 Å². The van der Waals surface area contributed by atoms with Gasteiger partial charge in [0.1, 0.15) is 0 Å². The first-order valence-corrected chi connectivity index (χ1v) is 8.33. The number of H-pyrrole nitrogens is 1. The summed E-state index contributed by atoms with van der Waals surface area (Å²) in [6.07, 6.45) is 2.65. The van der Waals surface area contributed by atoms with E-state index < -0.39 is 6.03 Å². The molecule has 3 N–H and O–H groups in total. The van der Waals surface area contributed by atoms with Crippen LogP contribution in [0.3, 0.4) is 0 Å². The molecular weight excluding hydrogens is 340 g/mol. The fourth-order valence-corrected chi connectivity index (χ4v) is 2.77. The Morgan fingerprint density at radius 2 is 1.67 bits per heavy atom. The lowest BCUT2D eigenvalue weighted by atomic mass is 10.0. The molecule has 0 bridgehead atoms. The van der Waals surface area contributed by atoms with Gasteiger partial charge in [0.15, 0.2) is 12.1 Å². The third-order valence-electron chi connectivity index (χ3n) is 4.08. The molecule has 2 amide bonds. The van der Waals surface area contributed by atoms with E-state index in [1.165, 1.54) is 0 Å². The Bertz CT molecular complexity index is 1120. The van der Waals surface area contributed by atoms with Crippen molar-refractivity contribution < 1.29 is 9.59 Å². The van der Waals surface area contributed by atoms with Crippen LogP contribution in [0.1, 0.15) is 15.9 Å². The molecule has 0 unspecified atom stereocenters. The van der Waals surface area contributed by atoms with E-state index in [0.717, 1.165) is 5.52 Å². The van der Waals surface area contributed by atoms with Gasteiger partial charge in [-0.15, -0.1) is 0 Å². The van der Waals surface area contributed by atoms with Gasteiger partial charge in [-0.1, -0.05) is 30.3 Å². The Kier molecular flexibility index (Phi) is 4.37. The quantitative estimate of drug-likeness (QED) is 0.479. The van der Waals surface area contributed by atoms with Crippen molar-refractivity contribution in [3.63, 3.8) is 0 Å². The average Bonchev–Trinajstić information content (AvgIpc) is 3.16. The topological polar surface area (TPSA) is 86.9 Å². The number of carbonyl (C=O) groups is 2. The van der Waals surface area contributed by atoms with Crippen LogP contribution in [0.2, 0.25) is 0 Å². The number of hydrogen-bond acceptors (Lipinski definition) is 3. The van der Waals surface area contributed by atoms with E-state index in [9.17, 15) is 9.59 Å². The smallest absolute Gasteiger partial charge is 0.323 e. The lowest BCUT2D eigenvalue weighted by Crippen LogP contribution is -2.21. The molecule has 1 heterocycles. The molecule has 6 heteroatoms. The van der Waals surface area contributed by atoms with Crippen molar-refractivity contribution in [1.29, 1.82) is 0 Å². The van der Waals surface area contributed by atoms with Crippen molar-refractivity contribution >= 4 is 34.2 Å². The maximum atomic E-state index is 13.0. The Morgan fingerprint density at radius 3 is 2.52 bits per heavy atom. The number of ketones is 1. The number of fused-ring (bicyclic) bond motifs is 1. The molecule has 0 aliphatic carbocycles. The minimum atomic E-state index is -0.418. The molecule has 0 atom stereocenters. The number of rotatable bonds is 4. The maximum absolute atomic E-state index is 13.0. The molecular formula is C21H15N4O2. The first kappa shape index (κ1) is 16.5. The van der Waals surface area contributed by atoms with Gasteiger partial charge < -0.3 is 15.6 Å². The van der Waals surface area contributed by atoms with Gasteiger partial charge in [-0.05, 0) is 42.5 Å². The third kappa shape index (κ3) is 3.55. The van der Waals surface area contributed by atoms with E-state index in [4.69, 9.17) is 0 Å². The highest BCUT2D eigenvalue weighted by Crippen LogP contribution is 2.21. The first-order valence-electron chi connectivity index (χ1n) is 8.33. The molecule has 0 aliphatic rings. The molecule has 0 saturated carbocycles. The highest BCUT2D eigenvalue weighted by atomic mass is 16.2. The van der Waals surface area contributed by atoms with E-state index in [-0.39, 0.29) is 5.78 Å². The van der Waals surface area contributed by atoms with Crippen LogP contribution in [0.5, 0.6) is 0 Å². The van der Waals surface area contributed by atoms with Crippen LogP contribution in [0.25, 0.3) is 11.0 Å². The van der Waals surface area contributed by atoms with Gasteiger partial charge in [0.2, 0.25) is 0 Å². The van der Waals surface area contributed by atoms with Crippen LogP contribution < -0.4 is 10.6 Å². The number of aromatic nitrogens is 2. The van der Waals surface area contributed by atoms with E-state index in [0.29, 0.717) is 28.0 Å². The van der Waals surface area contributed by atoms with Gasteiger partial charge in [-0.25, -0.2) is 9.78 Å². The SMILES string of the molecule is O=C(Nc1ccccc1)Nc1ccccc1C(=O)c1ccc2[nH][c]nc2c1. The number of imidazole rings is 1. The predicted molar refractivity (Wildman–Crippen MR) is 104 cm³/mol. The lowest BCUT2D eigenvalue weighted by Gasteiger charge is -2.11. The molecule has 1 aromatic heterocycles. The Morgan fingerprint density at radius 1 is 0.889 bits per heavy atom. The zero-order valence-electron chi connectivity index (χ0n) is 14.2. The Balaban J connectivity index is 1.58. The summed E-state index contributed by atoms with van der Waals surface area (Å²) >= 11 is 0. The van der Waals surface area contributed by atoms with E-state index in [2.05, 4.69) is 26.9 Å². The number of para-hydroxylation sites is 2. The summed E-state index contributed by atoms with van der Waals surface area (Å²) in [5.74, 6) is -0.199. The summed E-state index contributed by atoms with van der Waals surface area (Å²) in [6, 6.07) is 20.8. The molecule has 0 spiro atoms. The Labute approximate surface area is 155 Å². The van der Waals surface area contributed by atoms with Crippen molar-refractivity contribution in [3.8, 4) is 0 Å². The second kappa shape index (κ2) is 7.13. The molecule has 0 fully saturated rings. The maximum Gasteiger partial charge on any atom is 0.323 e. The average molecular weight is 355 g/mol. The van der Waals surface area contributed by atoms with Gasteiger partial charge in [0.05, 0.1) is 16.7 Å². The zero-order chi connectivity index (χ0) is 18.6. The monoisotopic (exact) mass is 355 g/mol. The van der Waals surface area contributed by atoms with Crippen LogP contribution in [0.4, 0.5) is 16.2 Å². The highest BCUT2D eigenvalue weighted by Gasteiger charge is 2.16. The molecule has 4 rings (SSSR count). The fraction of sp³-hybridized carbons (Fsp3) is 0. The van der Waals surface area contributed by atoms with Crippen molar-refractivity contribution in [2.45, 2.75) is 0 Å². The highest BCUT2D eigenvalue weighted by molar-refractivity contribution is 6.15. The summed E-state index contributed by atoms with van der Waals surface area (Å²) < 4.78 is 0. The molecule has 0 aliphatic heterocycles. The number of nitrogens with zero attached hydrogens (tertiary/aromatic N) is 1. The number of hydrogen-bond donors (Lipinski definition) is 3. The van der Waals surface area contributed by atoms with E-state index >= 15 is 0 Å². The van der Waals surface area contributed by atoms with Crippen molar-refractivity contribution in [2.75, 3.05) is 10.6 Å². The second-order valence-electron chi connectivity index (χ2n) is 5.90. The number of amides is 2. The van der Waals surface area contributed by atoms with Crippen LogP contribution in [0, 0.1) is 6.33 Å². The summed E-state index contributed by atoms with van der Waals surface area (Å²) in [7, 11) is 0. The van der Waals surface area contributed by atoms with Gasteiger partial charge in [0, 0.05) is 16.8 Å². The van der Waals surface area contributed by atoms with E-state index in [1.54, 1.807) is 54.6 Å². The summed E-state index contributed by atoms with van der Waals surface area (Å²) in [5, 5.41) is 5.48. The summed E-state index contributed by atoms with van der Waals surface area (Å²) in [4.78, 5) is 32.2. The third-order valence-corrected chi connectivity index (χ3v) is 4.08. The first-order chi connectivity index (χ1) is 13.2. The van der Waals surface area contributed by atoms with Gasteiger partial charge in [-0.3, -0.25) is 4.79 Å².